The number of hydrogen-bond donors (Lipinski definition) is 2. The maximum atomic E-state index is 5.46. The summed E-state index contributed by atoms with van der Waals surface area (Å²) in [5.74, 6) is 7.80. The van der Waals surface area contributed by atoms with Gasteiger partial charge in [0.2, 0.25) is 0 Å². The van der Waals surface area contributed by atoms with Crippen molar-refractivity contribution >= 4 is 11.6 Å². The first-order valence-electron chi connectivity index (χ1n) is 5.77. The Morgan fingerprint density at radius 3 is 2.29 bits per heavy atom. The van der Waals surface area contributed by atoms with E-state index in [4.69, 9.17) is 5.84 Å². The van der Waals surface area contributed by atoms with Gasteiger partial charge in [-0.1, -0.05) is 20.8 Å². The highest BCUT2D eigenvalue weighted by Gasteiger charge is 2.18. The molecule has 0 aliphatic rings. The molecule has 0 atom stereocenters. The molecule has 0 bridgehead atoms. The van der Waals surface area contributed by atoms with Gasteiger partial charge in [0.25, 0.3) is 0 Å². The Kier molecular flexibility index (Phi) is 3.93. The van der Waals surface area contributed by atoms with Crippen LogP contribution in [0, 0.1) is 19.3 Å². The predicted octanol–water partition coefficient (Wildman–Crippen LogP) is 1.86. The van der Waals surface area contributed by atoms with Gasteiger partial charge < -0.3 is 10.3 Å². The van der Waals surface area contributed by atoms with E-state index >= 15 is 0 Å². The van der Waals surface area contributed by atoms with Crippen LogP contribution in [0.25, 0.3) is 0 Å². The van der Waals surface area contributed by atoms with E-state index in [9.17, 15) is 0 Å². The predicted molar refractivity (Wildman–Crippen MR) is 72.0 cm³/mol. The van der Waals surface area contributed by atoms with Crippen molar-refractivity contribution in [1.82, 2.24) is 9.97 Å². The molecule has 0 aliphatic carbocycles. The zero-order valence-electron chi connectivity index (χ0n) is 11.6. The molecule has 1 aromatic rings. The number of aromatic nitrogens is 2. The topological polar surface area (TPSA) is 67.1 Å². The number of nitrogens with two attached hydrogens (primary N) is 1. The van der Waals surface area contributed by atoms with E-state index in [1.165, 1.54) is 0 Å². The van der Waals surface area contributed by atoms with Gasteiger partial charge in [-0.15, -0.1) is 0 Å². The van der Waals surface area contributed by atoms with Gasteiger partial charge in [0.05, 0.1) is 0 Å². The second-order valence-electron chi connectivity index (χ2n) is 5.63. The molecule has 5 nitrogen and oxygen atoms in total. The van der Waals surface area contributed by atoms with Gasteiger partial charge in [0.1, 0.15) is 17.5 Å². The molecule has 1 heterocycles. The van der Waals surface area contributed by atoms with Crippen LogP contribution in [0.1, 0.15) is 32.2 Å². The van der Waals surface area contributed by atoms with Crippen molar-refractivity contribution in [3.8, 4) is 0 Å². The number of anilines is 2. The Bertz CT molecular complexity index is 395. The lowest BCUT2D eigenvalue weighted by Crippen LogP contribution is -2.31. The van der Waals surface area contributed by atoms with Crippen molar-refractivity contribution in [1.29, 1.82) is 0 Å². The maximum absolute atomic E-state index is 5.46. The largest absolute Gasteiger partial charge is 0.359 e. The third-order valence-electron chi connectivity index (χ3n) is 2.44. The first kappa shape index (κ1) is 13.7. The summed E-state index contributed by atoms with van der Waals surface area (Å²) in [4.78, 5) is 10.9. The number of hydrogen-bond acceptors (Lipinski definition) is 5. The fourth-order valence-electron chi connectivity index (χ4n) is 1.91. The lowest BCUT2D eigenvalue weighted by atomic mass is 9.96. The highest BCUT2D eigenvalue weighted by atomic mass is 15.3. The fraction of sp³-hybridized carbons (Fsp3) is 0.667. The molecule has 0 spiro atoms. The van der Waals surface area contributed by atoms with E-state index in [2.05, 4.69) is 41.1 Å². The van der Waals surface area contributed by atoms with Crippen molar-refractivity contribution in [2.45, 2.75) is 34.6 Å². The van der Waals surface area contributed by atoms with Crippen LogP contribution in [-0.2, 0) is 0 Å². The average molecular weight is 237 g/mol. The summed E-state index contributed by atoms with van der Waals surface area (Å²) < 4.78 is 0. The Balaban J connectivity index is 3.09. The van der Waals surface area contributed by atoms with Crippen LogP contribution < -0.4 is 16.2 Å². The van der Waals surface area contributed by atoms with Crippen LogP contribution in [-0.4, -0.2) is 23.6 Å². The summed E-state index contributed by atoms with van der Waals surface area (Å²) >= 11 is 0. The molecule has 0 saturated heterocycles. The van der Waals surface area contributed by atoms with Crippen LogP contribution in [0.4, 0.5) is 11.6 Å². The summed E-state index contributed by atoms with van der Waals surface area (Å²) in [6, 6.07) is 0. The SMILES string of the molecule is Cc1nc(NN)c(C)c(N(C)CC(C)(C)C)n1. The molecule has 0 saturated carbocycles. The zero-order valence-corrected chi connectivity index (χ0v) is 11.6. The molecule has 3 N–H and O–H groups in total. The van der Waals surface area contributed by atoms with Crippen molar-refractivity contribution in [2.75, 3.05) is 23.9 Å². The van der Waals surface area contributed by atoms with Gasteiger partial charge in [0, 0.05) is 19.2 Å². The Labute approximate surface area is 103 Å². The van der Waals surface area contributed by atoms with Crippen LogP contribution >= 0.6 is 0 Å². The average Bonchev–Trinajstić information content (AvgIpc) is 2.18. The van der Waals surface area contributed by atoms with Gasteiger partial charge in [-0.05, 0) is 19.3 Å². The fourth-order valence-corrected chi connectivity index (χ4v) is 1.91. The Morgan fingerprint density at radius 2 is 1.82 bits per heavy atom. The number of rotatable bonds is 3. The molecule has 0 aliphatic heterocycles. The highest BCUT2D eigenvalue weighted by Crippen LogP contribution is 2.25. The minimum atomic E-state index is 0.219. The van der Waals surface area contributed by atoms with E-state index < -0.39 is 0 Å². The Hall–Kier alpha value is -1.36. The zero-order chi connectivity index (χ0) is 13.2. The Morgan fingerprint density at radius 1 is 1.24 bits per heavy atom. The van der Waals surface area contributed by atoms with E-state index in [1.807, 2.05) is 20.9 Å². The maximum Gasteiger partial charge on any atom is 0.148 e. The van der Waals surface area contributed by atoms with Gasteiger partial charge in [0.15, 0.2) is 0 Å². The first-order chi connectivity index (χ1) is 7.74. The smallest absolute Gasteiger partial charge is 0.148 e. The molecule has 0 aromatic carbocycles. The minimum absolute atomic E-state index is 0.219. The highest BCUT2D eigenvalue weighted by molar-refractivity contribution is 5.57. The molecule has 17 heavy (non-hydrogen) atoms. The molecule has 5 heteroatoms. The molecule has 0 fully saturated rings. The molecule has 0 amide bonds. The number of nitrogen functional groups attached to an aromatic ring is 1. The van der Waals surface area contributed by atoms with E-state index in [0.29, 0.717) is 5.82 Å². The summed E-state index contributed by atoms with van der Waals surface area (Å²) in [6.45, 7) is 11.4. The van der Waals surface area contributed by atoms with Crippen molar-refractivity contribution in [3.05, 3.63) is 11.4 Å². The van der Waals surface area contributed by atoms with Crippen molar-refractivity contribution in [3.63, 3.8) is 0 Å². The second kappa shape index (κ2) is 4.87. The third kappa shape index (κ3) is 3.56. The standard InChI is InChI=1S/C12H23N5/c1-8-10(16-13)14-9(2)15-11(8)17(6)7-12(3,4)5/h7,13H2,1-6H3,(H,14,15,16). The normalized spacial score (nSPS) is 11.5. The molecule has 1 rings (SSSR count). The molecule has 0 unspecified atom stereocenters. The number of nitrogens with one attached hydrogen (secondary N) is 1. The molecular weight excluding hydrogens is 214 g/mol. The van der Waals surface area contributed by atoms with Crippen LogP contribution in [0.3, 0.4) is 0 Å². The number of nitrogens with zero attached hydrogens (tertiary/aromatic N) is 3. The quantitative estimate of drug-likeness (QED) is 0.620. The number of hydrazine groups is 1. The molecule has 0 radical (unpaired) electrons. The molecular formula is C12H23N5. The summed E-state index contributed by atoms with van der Waals surface area (Å²) in [7, 11) is 2.04. The summed E-state index contributed by atoms with van der Waals surface area (Å²) in [6.07, 6.45) is 0. The number of aryl methyl sites for hydroxylation is 1. The van der Waals surface area contributed by atoms with Gasteiger partial charge in [-0.2, -0.15) is 0 Å². The van der Waals surface area contributed by atoms with Crippen molar-refractivity contribution in [2.24, 2.45) is 11.3 Å². The van der Waals surface area contributed by atoms with E-state index in [1.54, 1.807) is 0 Å². The lowest BCUT2D eigenvalue weighted by molar-refractivity contribution is 0.417. The molecule has 96 valence electrons. The minimum Gasteiger partial charge on any atom is -0.359 e. The van der Waals surface area contributed by atoms with E-state index in [0.717, 1.165) is 23.8 Å². The van der Waals surface area contributed by atoms with Crippen LogP contribution in [0.5, 0.6) is 0 Å². The van der Waals surface area contributed by atoms with Gasteiger partial charge >= 0.3 is 0 Å². The molecule has 1 aromatic heterocycles. The monoisotopic (exact) mass is 237 g/mol. The van der Waals surface area contributed by atoms with Gasteiger partial charge in [-0.25, -0.2) is 15.8 Å². The van der Waals surface area contributed by atoms with E-state index in [-0.39, 0.29) is 5.41 Å². The van der Waals surface area contributed by atoms with Crippen LogP contribution in [0.15, 0.2) is 0 Å². The summed E-state index contributed by atoms with van der Waals surface area (Å²) in [5.41, 5.74) is 3.81. The first-order valence-corrected chi connectivity index (χ1v) is 5.77. The van der Waals surface area contributed by atoms with Crippen molar-refractivity contribution < 1.29 is 0 Å². The van der Waals surface area contributed by atoms with Crippen LogP contribution in [0.2, 0.25) is 0 Å². The summed E-state index contributed by atoms with van der Waals surface area (Å²) in [5, 5.41) is 0. The second-order valence-corrected chi connectivity index (χ2v) is 5.63. The lowest BCUT2D eigenvalue weighted by Gasteiger charge is -2.29. The third-order valence-corrected chi connectivity index (χ3v) is 2.44. The van der Waals surface area contributed by atoms with Gasteiger partial charge in [-0.3, -0.25) is 0 Å².